The summed E-state index contributed by atoms with van der Waals surface area (Å²) in [6, 6.07) is 14.5. The fourth-order valence-corrected chi connectivity index (χ4v) is 3.45. The highest BCUT2D eigenvalue weighted by atomic mass is 16.5. The Morgan fingerprint density at radius 1 is 1.07 bits per heavy atom. The first-order valence-corrected chi connectivity index (χ1v) is 9.25. The lowest BCUT2D eigenvalue weighted by atomic mass is 9.98. The molecule has 3 rings (SSSR count). The number of hydrogen-bond donors (Lipinski definition) is 4. The predicted octanol–water partition coefficient (Wildman–Crippen LogP) is 0.876. The molecule has 29 heavy (non-hydrogen) atoms. The SMILES string of the molecule is C[C@@H](O)[C@H](NC(=O)CN)C(=O)NC(=O)OCC1c2ccccc2-c2ccccc21. The first kappa shape index (κ1) is 20.5. The second-order valence-electron chi connectivity index (χ2n) is 6.80. The lowest BCUT2D eigenvalue weighted by molar-refractivity contribution is -0.130. The van der Waals surface area contributed by atoms with Crippen molar-refractivity contribution in [2.24, 2.45) is 5.73 Å². The number of amides is 3. The summed E-state index contributed by atoms with van der Waals surface area (Å²) < 4.78 is 5.28. The number of aliphatic hydroxyl groups is 1. The van der Waals surface area contributed by atoms with Crippen molar-refractivity contribution in [2.45, 2.75) is 25.0 Å². The van der Waals surface area contributed by atoms with E-state index in [0.717, 1.165) is 22.3 Å². The van der Waals surface area contributed by atoms with E-state index in [4.69, 9.17) is 10.5 Å². The molecule has 0 saturated carbocycles. The lowest BCUT2D eigenvalue weighted by Gasteiger charge is -2.20. The van der Waals surface area contributed by atoms with Crippen molar-refractivity contribution >= 4 is 17.9 Å². The average molecular weight is 397 g/mol. The number of nitrogens with two attached hydrogens (primary N) is 1. The van der Waals surface area contributed by atoms with Crippen molar-refractivity contribution in [2.75, 3.05) is 13.2 Å². The van der Waals surface area contributed by atoms with Crippen LogP contribution in [0.5, 0.6) is 0 Å². The molecule has 0 aromatic heterocycles. The van der Waals surface area contributed by atoms with Crippen LogP contribution in [0, 0.1) is 0 Å². The molecular formula is C21H23N3O5. The molecule has 2 atom stereocenters. The summed E-state index contributed by atoms with van der Waals surface area (Å²) in [5.41, 5.74) is 9.47. The highest BCUT2D eigenvalue weighted by Gasteiger charge is 2.30. The molecule has 0 radical (unpaired) electrons. The molecule has 0 spiro atoms. The number of imide groups is 1. The van der Waals surface area contributed by atoms with E-state index in [0.29, 0.717) is 0 Å². The monoisotopic (exact) mass is 397 g/mol. The maximum Gasteiger partial charge on any atom is 0.413 e. The summed E-state index contributed by atoms with van der Waals surface area (Å²) >= 11 is 0. The van der Waals surface area contributed by atoms with E-state index < -0.39 is 30.1 Å². The van der Waals surface area contributed by atoms with E-state index in [2.05, 4.69) is 5.32 Å². The molecule has 1 aliphatic rings. The fraction of sp³-hybridized carbons (Fsp3) is 0.286. The molecule has 0 unspecified atom stereocenters. The van der Waals surface area contributed by atoms with Crippen molar-refractivity contribution in [1.29, 1.82) is 0 Å². The summed E-state index contributed by atoms with van der Waals surface area (Å²) in [5.74, 6) is -1.65. The van der Waals surface area contributed by atoms with Gasteiger partial charge in [0.1, 0.15) is 12.6 Å². The number of ether oxygens (including phenoxy) is 1. The van der Waals surface area contributed by atoms with Crippen LogP contribution in [0.1, 0.15) is 24.0 Å². The molecule has 5 N–H and O–H groups in total. The lowest BCUT2D eigenvalue weighted by Crippen LogP contribution is -2.54. The van der Waals surface area contributed by atoms with Crippen LogP contribution < -0.4 is 16.4 Å². The van der Waals surface area contributed by atoms with Crippen LogP contribution >= 0.6 is 0 Å². The van der Waals surface area contributed by atoms with Crippen molar-refractivity contribution in [1.82, 2.24) is 10.6 Å². The first-order valence-electron chi connectivity index (χ1n) is 9.25. The molecule has 152 valence electrons. The Morgan fingerprint density at radius 2 is 1.62 bits per heavy atom. The van der Waals surface area contributed by atoms with Gasteiger partial charge in [-0.2, -0.15) is 0 Å². The molecule has 8 heteroatoms. The standard InChI is InChI=1S/C21H23N3O5/c1-12(25)19(23-18(26)10-22)20(27)24-21(28)29-11-17-15-8-4-2-6-13(15)14-7-3-5-9-16(14)17/h2-9,12,17,19,25H,10-11,22H2,1H3,(H,23,26)(H,24,27,28)/t12-,19+/m1/s1. The van der Waals surface area contributed by atoms with Crippen LogP contribution in [0.2, 0.25) is 0 Å². The van der Waals surface area contributed by atoms with E-state index in [1.807, 2.05) is 53.8 Å². The van der Waals surface area contributed by atoms with Crippen LogP contribution in [0.4, 0.5) is 4.79 Å². The number of rotatable bonds is 6. The molecule has 2 aromatic carbocycles. The maximum absolute atomic E-state index is 12.2. The molecule has 0 bridgehead atoms. The van der Waals surface area contributed by atoms with Gasteiger partial charge in [-0.25, -0.2) is 4.79 Å². The minimum Gasteiger partial charge on any atom is -0.448 e. The van der Waals surface area contributed by atoms with E-state index >= 15 is 0 Å². The van der Waals surface area contributed by atoms with Crippen molar-refractivity contribution in [3.8, 4) is 11.1 Å². The Morgan fingerprint density at radius 3 is 2.14 bits per heavy atom. The van der Waals surface area contributed by atoms with Gasteiger partial charge >= 0.3 is 6.09 Å². The van der Waals surface area contributed by atoms with Crippen molar-refractivity contribution in [3.05, 3.63) is 59.7 Å². The molecule has 2 aromatic rings. The van der Waals surface area contributed by atoms with Crippen molar-refractivity contribution in [3.63, 3.8) is 0 Å². The minimum atomic E-state index is -1.31. The molecule has 8 nitrogen and oxygen atoms in total. The Bertz CT molecular complexity index is 883. The Kier molecular flexibility index (Phi) is 6.26. The van der Waals surface area contributed by atoms with Gasteiger partial charge in [-0.05, 0) is 29.2 Å². The fourth-order valence-electron chi connectivity index (χ4n) is 3.45. The minimum absolute atomic E-state index is 0.0433. The van der Waals surface area contributed by atoms with Crippen molar-refractivity contribution < 1.29 is 24.2 Å². The molecule has 0 heterocycles. The number of carbonyl (C=O) groups is 3. The molecule has 0 saturated heterocycles. The van der Waals surface area contributed by atoms with Gasteiger partial charge in [0.05, 0.1) is 12.6 Å². The van der Waals surface area contributed by atoms with Gasteiger partial charge in [0, 0.05) is 5.92 Å². The molecule has 0 aliphatic heterocycles. The van der Waals surface area contributed by atoms with Crippen LogP contribution in [-0.4, -0.2) is 48.3 Å². The highest BCUT2D eigenvalue weighted by Crippen LogP contribution is 2.44. The zero-order chi connectivity index (χ0) is 21.0. The van der Waals surface area contributed by atoms with E-state index in [1.54, 1.807) is 0 Å². The molecule has 3 amide bonds. The number of benzene rings is 2. The van der Waals surface area contributed by atoms with Crippen LogP contribution in [-0.2, 0) is 14.3 Å². The molecule has 0 fully saturated rings. The average Bonchev–Trinajstić information content (AvgIpc) is 3.03. The van der Waals surface area contributed by atoms with Gasteiger partial charge < -0.3 is 20.9 Å². The summed E-state index contributed by atoms with van der Waals surface area (Å²) in [4.78, 5) is 35.8. The van der Waals surface area contributed by atoms with Gasteiger partial charge in [-0.1, -0.05) is 48.5 Å². The second kappa shape index (κ2) is 8.85. The number of fused-ring (bicyclic) bond motifs is 3. The summed E-state index contributed by atoms with van der Waals surface area (Å²) in [6.07, 6.45) is -2.17. The van der Waals surface area contributed by atoms with E-state index in [-0.39, 0.29) is 19.1 Å². The number of alkyl carbamates (subject to hydrolysis) is 1. The van der Waals surface area contributed by atoms with Gasteiger partial charge in [0.15, 0.2) is 0 Å². The molecule has 1 aliphatic carbocycles. The summed E-state index contributed by atoms with van der Waals surface area (Å²) in [7, 11) is 0. The number of nitrogens with one attached hydrogen (secondary N) is 2. The van der Waals surface area contributed by atoms with E-state index in [9.17, 15) is 19.5 Å². The van der Waals surface area contributed by atoms with Crippen LogP contribution in [0.15, 0.2) is 48.5 Å². The Labute approximate surface area is 168 Å². The Balaban J connectivity index is 1.65. The number of carbonyl (C=O) groups excluding carboxylic acids is 3. The summed E-state index contributed by atoms with van der Waals surface area (Å²) in [6.45, 7) is 1.02. The third kappa shape index (κ3) is 4.44. The Hall–Kier alpha value is -3.23. The molecular weight excluding hydrogens is 374 g/mol. The third-order valence-electron chi connectivity index (χ3n) is 4.84. The smallest absolute Gasteiger partial charge is 0.413 e. The number of hydrogen-bond acceptors (Lipinski definition) is 6. The van der Waals surface area contributed by atoms with Gasteiger partial charge in [0.2, 0.25) is 5.91 Å². The normalized spacial score (nSPS) is 14.3. The first-order chi connectivity index (χ1) is 13.9. The van der Waals surface area contributed by atoms with Gasteiger partial charge in [0.25, 0.3) is 5.91 Å². The second-order valence-corrected chi connectivity index (χ2v) is 6.80. The highest BCUT2D eigenvalue weighted by molar-refractivity contribution is 5.97. The summed E-state index contributed by atoms with van der Waals surface area (Å²) in [5, 5.41) is 14.0. The van der Waals surface area contributed by atoms with Crippen LogP contribution in [0.25, 0.3) is 11.1 Å². The zero-order valence-electron chi connectivity index (χ0n) is 15.9. The zero-order valence-corrected chi connectivity index (χ0v) is 15.9. The quantitative estimate of drug-likeness (QED) is 0.572. The van der Waals surface area contributed by atoms with E-state index in [1.165, 1.54) is 6.92 Å². The topological polar surface area (TPSA) is 131 Å². The maximum atomic E-state index is 12.2. The largest absolute Gasteiger partial charge is 0.448 e. The van der Waals surface area contributed by atoms with Gasteiger partial charge in [-0.3, -0.25) is 14.9 Å². The van der Waals surface area contributed by atoms with Crippen LogP contribution in [0.3, 0.4) is 0 Å². The third-order valence-corrected chi connectivity index (χ3v) is 4.84. The number of aliphatic hydroxyl groups excluding tert-OH is 1. The predicted molar refractivity (Wildman–Crippen MR) is 106 cm³/mol. The van der Waals surface area contributed by atoms with Gasteiger partial charge in [-0.15, -0.1) is 0 Å².